The van der Waals surface area contributed by atoms with Crippen LogP contribution in [0.5, 0.6) is 0 Å². The highest BCUT2D eigenvalue weighted by Crippen LogP contribution is 2.30. The van der Waals surface area contributed by atoms with Crippen molar-refractivity contribution in [1.82, 2.24) is 5.06 Å². The molecule has 20 heavy (non-hydrogen) atoms. The highest BCUT2D eigenvalue weighted by molar-refractivity contribution is 5.44. The van der Waals surface area contributed by atoms with Crippen molar-refractivity contribution < 1.29 is 10.3 Å². The van der Waals surface area contributed by atoms with Crippen molar-refractivity contribution in [1.29, 1.82) is 0 Å². The fourth-order valence-electron chi connectivity index (χ4n) is 2.74. The smallest absolute Gasteiger partial charge is 0.123 e. The predicted octanol–water partition coefficient (Wildman–Crippen LogP) is 4.63. The zero-order valence-corrected chi connectivity index (χ0v) is 12.3. The van der Waals surface area contributed by atoms with Crippen LogP contribution in [0.25, 0.3) is 0 Å². The molecule has 1 aliphatic carbocycles. The molecule has 0 aromatic carbocycles. The van der Waals surface area contributed by atoms with E-state index >= 15 is 0 Å². The Balaban J connectivity index is 1.87. The molecule has 0 fully saturated rings. The van der Waals surface area contributed by atoms with Crippen LogP contribution in [0.3, 0.4) is 0 Å². The van der Waals surface area contributed by atoms with E-state index < -0.39 is 0 Å². The highest BCUT2D eigenvalue weighted by atomic mass is 16.5. The average Bonchev–Trinajstić information content (AvgIpc) is 2.47. The van der Waals surface area contributed by atoms with E-state index in [1.54, 1.807) is 6.08 Å². The molecule has 0 radical (unpaired) electrons. The van der Waals surface area contributed by atoms with Crippen LogP contribution in [0.1, 0.15) is 51.9 Å². The lowest BCUT2D eigenvalue weighted by Crippen LogP contribution is -2.35. The Morgan fingerprint density at radius 1 is 1.10 bits per heavy atom. The molecule has 1 heterocycles. The van der Waals surface area contributed by atoms with E-state index in [2.05, 4.69) is 6.92 Å². The van der Waals surface area contributed by atoms with Crippen molar-refractivity contribution in [2.75, 3.05) is 0 Å². The maximum Gasteiger partial charge on any atom is 0.123 e. The van der Waals surface area contributed by atoms with Crippen molar-refractivity contribution >= 4 is 0 Å². The predicted molar refractivity (Wildman–Crippen MR) is 81.4 cm³/mol. The number of nitrogens with zero attached hydrogens (tertiary/aromatic N) is 1. The first-order valence-electron chi connectivity index (χ1n) is 7.70. The fraction of sp³-hybridized carbons (Fsp3) is 0.529. The quantitative estimate of drug-likeness (QED) is 0.666. The lowest BCUT2D eigenvalue weighted by molar-refractivity contribution is -0.0746. The third-order valence-electron chi connectivity index (χ3n) is 3.94. The fourth-order valence-corrected chi connectivity index (χ4v) is 2.74. The zero-order valence-electron chi connectivity index (χ0n) is 12.3. The molecule has 2 aliphatic rings. The molecule has 0 saturated carbocycles. The molecule has 0 aromatic heterocycles. The molecule has 0 saturated heterocycles. The molecule has 3 nitrogen and oxygen atoms in total. The number of allylic oxidation sites excluding steroid dienone is 4. The molecule has 0 spiro atoms. The van der Waals surface area contributed by atoms with E-state index in [9.17, 15) is 10.3 Å². The molecule has 0 amide bonds. The highest BCUT2D eigenvalue weighted by Gasteiger charge is 2.27. The minimum atomic E-state index is -0.236. The van der Waals surface area contributed by atoms with Gasteiger partial charge in [0.05, 0.1) is 0 Å². The molecular weight excluding hydrogens is 250 g/mol. The Hall–Kier alpha value is -1.48. The van der Waals surface area contributed by atoms with Crippen LogP contribution in [-0.2, 0) is 0 Å². The molecule has 3 heteroatoms. The number of aliphatic hydroxyl groups excluding tert-OH is 1. The van der Waals surface area contributed by atoms with Gasteiger partial charge >= 0.3 is 0 Å². The second kappa shape index (κ2) is 7.34. The van der Waals surface area contributed by atoms with Gasteiger partial charge in [0.2, 0.25) is 0 Å². The molecule has 110 valence electrons. The average molecular weight is 275 g/mol. The molecular formula is C17H25NO2. The van der Waals surface area contributed by atoms with Crippen LogP contribution < -0.4 is 0 Å². The number of unbranched alkanes of at least 4 members (excludes halogenated alkanes) is 5. The van der Waals surface area contributed by atoms with Crippen molar-refractivity contribution in [2.45, 2.75) is 57.9 Å². The lowest BCUT2D eigenvalue weighted by atomic mass is 9.95. The second-order valence-electron chi connectivity index (χ2n) is 5.53. The summed E-state index contributed by atoms with van der Waals surface area (Å²) >= 11 is 0. The van der Waals surface area contributed by atoms with Gasteiger partial charge in [0.15, 0.2) is 0 Å². The number of hydrogen-bond donors (Lipinski definition) is 2. The van der Waals surface area contributed by atoms with Crippen LogP contribution in [0.15, 0.2) is 47.4 Å². The van der Waals surface area contributed by atoms with Gasteiger partial charge in [-0.05, 0) is 12.8 Å². The van der Waals surface area contributed by atoms with Crippen LogP contribution >= 0.6 is 0 Å². The summed E-state index contributed by atoms with van der Waals surface area (Å²) in [5.74, 6) is 0.280. The van der Waals surface area contributed by atoms with Gasteiger partial charge in [0.25, 0.3) is 0 Å². The van der Waals surface area contributed by atoms with Gasteiger partial charge in [-0.1, -0.05) is 63.3 Å². The van der Waals surface area contributed by atoms with E-state index in [1.807, 2.05) is 24.3 Å². The SMILES string of the molecule is CCCCCCCCC1=CC(O)=C2C=CC=CC2N1O. The summed E-state index contributed by atoms with van der Waals surface area (Å²) in [6, 6.07) is -0.236. The van der Waals surface area contributed by atoms with Crippen LogP contribution in [0, 0.1) is 0 Å². The summed E-state index contributed by atoms with van der Waals surface area (Å²) in [7, 11) is 0. The Bertz CT molecular complexity index is 446. The van der Waals surface area contributed by atoms with Gasteiger partial charge in [0, 0.05) is 17.3 Å². The summed E-state index contributed by atoms with van der Waals surface area (Å²) in [6.45, 7) is 2.22. The number of fused-ring (bicyclic) bond motifs is 1. The van der Waals surface area contributed by atoms with Crippen molar-refractivity contribution in [3.05, 3.63) is 47.4 Å². The lowest BCUT2D eigenvalue weighted by Gasteiger charge is -2.33. The maximum atomic E-state index is 10.3. The summed E-state index contributed by atoms with van der Waals surface area (Å²) in [4.78, 5) is 0. The Morgan fingerprint density at radius 2 is 1.85 bits per heavy atom. The van der Waals surface area contributed by atoms with E-state index in [-0.39, 0.29) is 11.8 Å². The number of rotatable bonds is 7. The van der Waals surface area contributed by atoms with Crippen molar-refractivity contribution in [3.63, 3.8) is 0 Å². The molecule has 1 unspecified atom stereocenters. The number of aliphatic hydroxyl groups is 1. The summed E-state index contributed by atoms with van der Waals surface area (Å²) < 4.78 is 0. The van der Waals surface area contributed by atoms with Gasteiger partial charge in [-0.3, -0.25) is 5.21 Å². The van der Waals surface area contributed by atoms with Crippen molar-refractivity contribution in [3.8, 4) is 0 Å². The minimum absolute atomic E-state index is 0.236. The Kier molecular flexibility index (Phi) is 5.48. The molecule has 1 aliphatic heterocycles. The summed E-state index contributed by atoms with van der Waals surface area (Å²) in [5.41, 5.74) is 1.58. The van der Waals surface area contributed by atoms with Crippen LogP contribution in [-0.4, -0.2) is 21.4 Å². The van der Waals surface area contributed by atoms with Crippen LogP contribution in [0.4, 0.5) is 0 Å². The molecule has 0 aromatic rings. The topological polar surface area (TPSA) is 43.7 Å². The van der Waals surface area contributed by atoms with Gasteiger partial charge in [-0.15, -0.1) is 0 Å². The van der Waals surface area contributed by atoms with Crippen molar-refractivity contribution in [2.24, 2.45) is 0 Å². The number of hydrogen-bond acceptors (Lipinski definition) is 3. The third kappa shape index (κ3) is 3.54. The van der Waals surface area contributed by atoms with E-state index in [4.69, 9.17) is 0 Å². The van der Waals surface area contributed by atoms with Crippen LogP contribution in [0.2, 0.25) is 0 Å². The van der Waals surface area contributed by atoms with Gasteiger partial charge in [0.1, 0.15) is 11.8 Å². The zero-order chi connectivity index (χ0) is 14.4. The third-order valence-corrected chi connectivity index (χ3v) is 3.94. The molecule has 2 rings (SSSR count). The first-order valence-corrected chi connectivity index (χ1v) is 7.70. The monoisotopic (exact) mass is 275 g/mol. The number of hydroxylamine groups is 2. The Morgan fingerprint density at radius 3 is 2.65 bits per heavy atom. The Labute approximate surface area is 121 Å². The largest absolute Gasteiger partial charge is 0.508 e. The van der Waals surface area contributed by atoms with E-state index in [0.29, 0.717) is 0 Å². The minimum Gasteiger partial charge on any atom is -0.508 e. The second-order valence-corrected chi connectivity index (χ2v) is 5.53. The molecule has 1 atom stereocenters. The molecule has 2 N–H and O–H groups in total. The summed E-state index contributed by atoms with van der Waals surface area (Å²) in [6.07, 6.45) is 17.4. The normalized spacial score (nSPS) is 21.2. The molecule has 0 bridgehead atoms. The maximum absolute atomic E-state index is 10.3. The first-order chi connectivity index (χ1) is 9.74. The first kappa shape index (κ1) is 14.9. The van der Waals surface area contributed by atoms with E-state index in [0.717, 1.165) is 24.1 Å². The van der Waals surface area contributed by atoms with E-state index in [1.165, 1.54) is 37.2 Å². The summed E-state index contributed by atoms with van der Waals surface area (Å²) in [5, 5.41) is 21.6. The van der Waals surface area contributed by atoms with Gasteiger partial charge in [-0.25, -0.2) is 5.06 Å². The van der Waals surface area contributed by atoms with Gasteiger partial charge in [-0.2, -0.15) is 0 Å². The standard InChI is InChI=1S/C17H25NO2/c1-2-3-4-5-6-7-10-14-13-17(19)15-11-8-9-12-16(15)18(14)20/h8-9,11-13,16,19-20H,2-7,10H2,1H3. The van der Waals surface area contributed by atoms with Gasteiger partial charge < -0.3 is 5.11 Å².